The van der Waals surface area contributed by atoms with Gasteiger partial charge in [-0.05, 0) is 31.0 Å². The molecular formula is C15H17ClN4OS. The fourth-order valence-electron chi connectivity index (χ4n) is 1.81. The van der Waals surface area contributed by atoms with E-state index in [1.165, 1.54) is 11.8 Å². The van der Waals surface area contributed by atoms with Gasteiger partial charge in [0.1, 0.15) is 5.82 Å². The predicted octanol–water partition coefficient (Wildman–Crippen LogP) is 2.47. The number of hydrogen-bond acceptors (Lipinski definition) is 5. The van der Waals surface area contributed by atoms with Crippen molar-refractivity contribution in [3.8, 4) is 0 Å². The standard InChI is InChI=1S/C15H17ClN4OS/c1-10-8-13(17)20-15(19-10)22-9-14(21)18-7-6-11-2-4-12(16)5-3-11/h2-5,8H,6-7,9H2,1H3,(H,18,21)(H2,17,19,20). The predicted molar refractivity (Wildman–Crippen MR) is 90.1 cm³/mol. The van der Waals surface area contributed by atoms with Crippen molar-refractivity contribution in [2.24, 2.45) is 0 Å². The number of carbonyl (C=O) groups is 1. The quantitative estimate of drug-likeness (QED) is 0.625. The summed E-state index contributed by atoms with van der Waals surface area (Å²) in [5, 5.41) is 4.09. The Morgan fingerprint density at radius 3 is 2.73 bits per heavy atom. The normalized spacial score (nSPS) is 10.5. The molecule has 0 radical (unpaired) electrons. The number of anilines is 1. The van der Waals surface area contributed by atoms with Crippen LogP contribution in [0.2, 0.25) is 5.02 Å². The van der Waals surface area contributed by atoms with E-state index in [4.69, 9.17) is 17.3 Å². The highest BCUT2D eigenvalue weighted by molar-refractivity contribution is 7.99. The third-order valence-corrected chi connectivity index (χ3v) is 3.93. The molecule has 0 spiro atoms. The molecule has 0 fully saturated rings. The lowest BCUT2D eigenvalue weighted by molar-refractivity contribution is -0.118. The summed E-state index contributed by atoms with van der Waals surface area (Å²) < 4.78 is 0. The smallest absolute Gasteiger partial charge is 0.230 e. The van der Waals surface area contributed by atoms with E-state index < -0.39 is 0 Å². The molecule has 1 amide bonds. The highest BCUT2D eigenvalue weighted by Gasteiger charge is 2.06. The van der Waals surface area contributed by atoms with Crippen LogP contribution in [0.15, 0.2) is 35.5 Å². The first-order chi connectivity index (χ1) is 10.5. The molecule has 2 rings (SSSR count). The van der Waals surface area contributed by atoms with E-state index in [1.807, 2.05) is 31.2 Å². The Morgan fingerprint density at radius 2 is 2.05 bits per heavy atom. The van der Waals surface area contributed by atoms with Crippen LogP contribution in [0.25, 0.3) is 0 Å². The first-order valence-electron chi connectivity index (χ1n) is 6.78. The van der Waals surface area contributed by atoms with Gasteiger partial charge in [-0.25, -0.2) is 9.97 Å². The number of aryl methyl sites for hydroxylation is 1. The Kier molecular flexibility index (Phi) is 6.03. The summed E-state index contributed by atoms with van der Waals surface area (Å²) >= 11 is 7.10. The van der Waals surface area contributed by atoms with E-state index in [2.05, 4.69) is 15.3 Å². The number of nitrogen functional groups attached to an aromatic ring is 1. The van der Waals surface area contributed by atoms with Gasteiger partial charge in [-0.15, -0.1) is 0 Å². The van der Waals surface area contributed by atoms with Gasteiger partial charge in [0.25, 0.3) is 0 Å². The number of rotatable bonds is 6. The molecule has 0 aliphatic carbocycles. The summed E-state index contributed by atoms with van der Waals surface area (Å²) in [6, 6.07) is 9.28. The molecule has 1 aromatic heterocycles. The molecular weight excluding hydrogens is 320 g/mol. The molecule has 3 N–H and O–H groups in total. The van der Waals surface area contributed by atoms with Crippen LogP contribution >= 0.6 is 23.4 Å². The average Bonchev–Trinajstić information content (AvgIpc) is 2.46. The van der Waals surface area contributed by atoms with Crippen molar-refractivity contribution >= 4 is 35.1 Å². The second-order valence-corrected chi connectivity index (χ2v) is 6.11. The number of thioether (sulfide) groups is 1. The maximum atomic E-state index is 11.8. The van der Waals surface area contributed by atoms with Crippen molar-refractivity contribution in [1.82, 2.24) is 15.3 Å². The van der Waals surface area contributed by atoms with Crippen molar-refractivity contribution in [2.75, 3.05) is 18.0 Å². The van der Waals surface area contributed by atoms with Crippen LogP contribution in [-0.2, 0) is 11.2 Å². The average molecular weight is 337 g/mol. The third-order valence-electron chi connectivity index (χ3n) is 2.83. The van der Waals surface area contributed by atoms with Crippen LogP contribution in [0.3, 0.4) is 0 Å². The first-order valence-corrected chi connectivity index (χ1v) is 8.14. The van der Waals surface area contributed by atoms with Gasteiger partial charge in [-0.2, -0.15) is 0 Å². The van der Waals surface area contributed by atoms with Gasteiger partial charge in [0.2, 0.25) is 5.91 Å². The molecule has 5 nitrogen and oxygen atoms in total. The van der Waals surface area contributed by atoms with Crippen LogP contribution in [0.4, 0.5) is 5.82 Å². The van der Waals surface area contributed by atoms with Gasteiger partial charge in [0.05, 0.1) is 5.75 Å². The van der Waals surface area contributed by atoms with Gasteiger partial charge in [0.15, 0.2) is 5.16 Å². The molecule has 0 bridgehead atoms. The van der Waals surface area contributed by atoms with E-state index in [0.29, 0.717) is 22.5 Å². The van der Waals surface area contributed by atoms with E-state index in [1.54, 1.807) is 6.07 Å². The SMILES string of the molecule is Cc1cc(N)nc(SCC(=O)NCCc2ccc(Cl)cc2)n1. The molecule has 0 aliphatic heterocycles. The van der Waals surface area contributed by atoms with Crippen LogP contribution in [-0.4, -0.2) is 28.2 Å². The number of halogens is 1. The number of benzene rings is 1. The maximum Gasteiger partial charge on any atom is 0.230 e. The second kappa shape index (κ2) is 8.00. The zero-order valence-corrected chi connectivity index (χ0v) is 13.7. The molecule has 0 saturated heterocycles. The fourth-order valence-corrected chi connectivity index (χ4v) is 2.67. The Morgan fingerprint density at radius 1 is 1.32 bits per heavy atom. The minimum absolute atomic E-state index is 0.0531. The fraction of sp³-hybridized carbons (Fsp3) is 0.267. The minimum Gasteiger partial charge on any atom is -0.384 e. The van der Waals surface area contributed by atoms with Crippen molar-refractivity contribution < 1.29 is 4.79 Å². The summed E-state index contributed by atoms with van der Waals surface area (Å²) in [5.74, 6) is 0.629. The van der Waals surface area contributed by atoms with Gasteiger partial charge in [-0.3, -0.25) is 4.79 Å². The number of aromatic nitrogens is 2. The lowest BCUT2D eigenvalue weighted by Crippen LogP contribution is -2.27. The molecule has 2 aromatic rings. The molecule has 7 heteroatoms. The van der Waals surface area contributed by atoms with E-state index in [-0.39, 0.29) is 11.7 Å². The maximum absolute atomic E-state index is 11.8. The van der Waals surface area contributed by atoms with Crippen molar-refractivity contribution in [3.63, 3.8) is 0 Å². The van der Waals surface area contributed by atoms with Crippen LogP contribution < -0.4 is 11.1 Å². The van der Waals surface area contributed by atoms with Gasteiger partial charge in [0, 0.05) is 23.3 Å². The Labute approximate surface area is 138 Å². The molecule has 0 saturated carbocycles. The number of nitrogens with one attached hydrogen (secondary N) is 1. The van der Waals surface area contributed by atoms with Crippen LogP contribution in [0.5, 0.6) is 0 Å². The highest BCUT2D eigenvalue weighted by atomic mass is 35.5. The van der Waals surface area contributed by atoms with Crippen LogP contribution in [0.1, 0.15) is 11.3 Å². The minimum atomic E-state index is -0.0531. The van der Waals surface area contributed by atoms with Gasteiger partial charge >= 0.3 is 0 Å². The third kappa shape index (κ3) is 5.54. The monoisotopic (exact) mass is 336 g/mol. The molecule has 0 atom stereocenters. The number of carbonyl (C=O) groups excluding carboxylic acids is 1. The van der Waals surface area contributed by atoms with E-state index in [9.17, 15) is 4.79 Å². The van der Waals surface area contributed by atoms with E-state index >= 15 is 0 Å². The second-order valence-electron chi connectivity index (χ2n) is 4.73. The summed E-state index contributed by atoms with van der Waals surface area (Å²) in [5.41, 5.74) is 7.57. The van der Waals surface area contributed by atoms with E-state index in [0.717, 1.165) is 17.7 Å². The largest absolute Gasteiger partial charge is 0.384 e. The Hall–Kier alpha value is -1.79. The molecule has 116 valence electrons. The van der Waals surface area contributed by atoms with Crippen molar-refractivity contribution in [3.05, 3.63) is 46.6 Å². The summed E-state index contributed by atoms with van der Waals surface area (Å²) in [7, 11) is 0. The topological polar surface area (TPSA) is 80.9 Å². The van der Waals surface area contributed by atoms with Crippen molar-refractivity contribution in [2.45, 2.75) is 18.5 Å². The van der Waals surface area contributed by atoms with Crippen molar-refractivity contribution in [1.29, 1.82) is 0 Å². The number of amides is 1. The molecule has 1 heterocycles. The molecule has 0 unspecified atom stereocenters. The first kappa shape index (κ1) is 16.6. The summed E-state index contributed by atoms with van der Waals surface area (Å²) in [4.78, 5) is 20.1. The number of nitrogens with two attached hydrogens (primary N) is 1. The lowest BCUT2D eigenvalue weighted by atomic mass is 10.1. The molecule has 0 aliphatic rings. The number of nitrogens with zero attached hydrogens (tertiary/aromatic N) is 2. The highest BCUT2D eigenvalue weighted by Crippen LogP contribution is 2.14. The molecule has 1 aromatic carbocycles. The zero-order chi connectivity index (χ0) is 15.9. The summed E-state index contributed by atoms with van der Waals surface area (Å²) in [6.45, 7) is 2.42. The van der Waals surface area contributed by atoms with Crippen LogP contribution in [0, 0.1) is 6.92 Å². The number of hydrogen-bond donors (Lipinski definition) is 2. The molecule has 22 heavy (non-hydrogen) atoms. The van der Waals surface area contributed by atoms with Gasteiger partial charge in [-0.1, -0.05) is 35.5 Å². The lowest BCUT2D eigenvalue weighted by Gasteiger charge is -2.06. The zero-order valence-electron chi connectivity index (χ0n) is 12.2. The van der Waals surface area contributed by atoms with Gasteiger partial charge < -0.3 is 11.1 Å². The Balaban J connectivity index is 1.72. The Bertz CT molecular complexity index is 628. The summed E-state index contributed by atoms with van der Waals surface area (Å²) in [6.07, 6.45) is 0.765.